The van der Waals surface area contributed by atoms with Crippen LogP contribution in [0, 0.1) is 0 Å². The van der Waals surface area contributed by atoms with Crippen LogP contribution in [0.3, 0.4) is 0 Å². The summed E-state index contributed by atoms with van der Waals surface area (Å²) in [6.07, 6.45) is 1.35. The van der Waals surface area contributed by atoms with Crippen LogP contribution >= 0.6 is 0 Å². The lowest BCUT2D eigenvalue weighted by molar-refractivity contribution is 0.634. The van der Waals surface area contributed by atoms with Crippen molar-refractivity contribution in [3.8, 4) is 0 Å². The molecule has 0 bridgehead atoms. The van der Waals surface area contributed by atoms with Crippen molar-refractivity contribution in [2.75, 3.05) is 0 Å². The van der Waals surface area contributed by atoms with Crippen molar-refractivity contribution in [1.82, 2.24) is 0 Å². The lowest BCUT2D eigenvalue weighted by Crippen LogP contribution is -1.58. The van der Waals surface area contributed by atoms with Gasteiger partial charge in [-0.05, 0) is 13.5 Å². The molecule has 0 aliphatic rings. The Balaban J connectivity index is 3.30. The zero-order valence-corrected chi connectivity index (χ0v) is 3.61. The Morgan fingerprint density at radius 3 is 2.50 bits per heavy atom. The maximum Gasteiger partial charge on any atom is 0.205 e. The maximum absolute atomic E-state index is 11.3. The van der Waals surface area contributed by atoms with E-state index in [1.807, 2.05) is 0 Å². The van der Waals surface area contributed by atoms with Gasteiger partial charge in [0.15, 0.2) is 0 Å². The fraction of sp³-hybridized carbons (Fsp3) is 0.250. The molecule has 34 valence electrons. The van der Waals surface area contributed by atoms with Gasteiger partial charge in [0.2, 0.25) is 5.95 Å². The summed E-state index contributed by atoms with van der Waals surface area (Å²) in [4.78, 5) is 3.14. The first kappa shape index (κ1) is 5.34. The van der Waals surface area contributed by atoms with Gasteiger partial charge in [-0.1, -0.05) is 0 Å². The average Bonchev–Trinajstić information content (AvgIpc) is 1.35. The molecule has 0 aromatic carbocycles. The number of nitrogens with zero attached hydrogens (tertiary/aromatic N) is 1. The van der Waals surface area contributed by atoms with Crippen LogP contribution in [0.15, 0.2) is 17.5 Å². The Kier molecular flexibility index (Phi) is 2.29. The number of halogens is 1. The minimum atomic E-state index is -0.641. The van der Waals surface area contributed by atoms with Crippen LogP contribution in [0.2, 0.25) is 0 Å². The Morgan fingerprint density at radius 1 is 2.00 bits per heavy atom. The quantitative estimate of drug-likeness (QED) is 0.339. The van der Waals surface area contributed by atoms with E-state index >= 15 is 0 Å². The molecule has 0 N–H and O–H groups in total. The van der Waals surface area contributed by atoms with Gasteiger partial charge in [-0.15, -0.1) is 0 Å². The zero-order valence-electron chi connectivity index (χ0n) is 3.61. The van der Waals surface area contributed by atoms with Gasteiger partial charge < -0.3 is 0 Å². The SMILES string of the molecule is C=C(F)N=CC. The van der Waals surface area contributed by atoms with Crippen LogP contribution in [-0.4, -0.2) is 6.21 Å². The highest BCUT2D eigenvalue weighted by molar-refractivity contribution is 5.54. The van der Waals surface area contributed by atoms with E-state index < -0.39 is 5.95 Å². The van der Waals surface area contributed by atoms with Crippen molar-refractivity contribution in [3.05, 3.63) is 12.5 Å². The third kappa shape index (κ3) is 3.34. The highest BCUT2D eigenvalue weighted by Gasteiger charge is 1.70. The largest absolute Gasteiger partial charge is 0.234 e. The van der Waals surface area contributed by atoms with E-state index in [4.69, 9.17) is 0 Å². The van der Waals surface area contributed by atoms with E-state index in [0.29, 0.717) is 0 Å². The molecule has 0 aromatic heterocycles. The van der Waals surface area contributed by atoms with Crippen molar-refractivity contribution < 1.29 is 4.39 Å². The third-order valence-electron chi connectivity index (χ3n) is 0.269. The van der Waals surface area contributed by atoms with Gasteiger partial charge in [-0.25, -0.2) is 4.99 Å². The summed E-state index contributed by atoms with van der Waals surface area (Å²) in [5, 5.41) is 0. The summed E-state index contributed by atoms with van der Waals surface area (Å²) in [5.74, 6) is -0.641. The highest BCUT2D eigenvalue weighted by atomic mass is 19.1. The van der Waals surface area contributed by atoms with Gasteiger partial charge in [-0.2, -0.15) is 4.39 Å². The Morgan fingerprint density at radius 2 is 2.50 bits per heavy atom. The molecule has 0 heterocycles. The summed E-state index contributed by atoms with van der Waals surface area (Å²) in [6, 6.07) is 0. The second-order valence-corrected chi connectivity index (χ2v) is 0.764. The van der Waals surface area contributed by atoms with Crippen molar-refractivity contribution in [2.24, 2.45) is 4.99 Å². The monoisotopic (exact) mass is 87.0 g/mol. The number of rotatable bonds is 1. The van der Waals surface area contributed by atoms with Gasteiger partial charge >= 0.3 is 0 Å². The van der Waals surface area contributed by atoms with Crippen LogP contribution in [0.4, 0.5) is 4.39 Å². The number of aliphatic imine (C=N–C) groups is 1. The number of hydrogen-bond donors (Lipinski definition) is 0. The van der Waals surface area contributed by atoms with Crippen molar-refractivity contribution in [1.29, 1.82) is 0 Å². The van der Waals surface area contributed by atoms with Gasteiger partial charge in [0.1, 0.15) is 0 Å². The molecule has 0 aliphatic carbocycles. The first-order valence-corrected chi connectivity index (χ1v) is 1.60. The van der Waals surface area contributed by atoms with E-state index in [1.54, 1.807) is 6.92 Å². The molecular formula is C4H6FN. The second kappa shape index (κ2) is 2.57. The minimum Gasteiger partial charge on any atom is -0.234 e. The first-order chi connectivity index (χ1) is 2.77. The molecular weight excluding hydrogens is 81.0 g/mol. The molecule has 0 radical (unpaired) electrons. The molecule has 0 aromatic rings. The van der Waals surface area contributed by atoms with Crippen LogP contribution in [0.1, 0.15) is 6.92 Å². The van der Waals surface area contributed by atoms with Crippen molar-refractivity contribution in [2.45, 2.75) is 6.92 Å². The van der Waals surface area contributed by atoms with Crippen LogP contribution in [0.5, 0.6) is 0 Å². The molecule has 0 saturated carbocycles. The molecule has 0 amide bonds. The van der Waals surface area contributed by atoms with Crippen LogP contribution in [0.25, 0.3) is 0 Å². The summed E-state index contributed by atoms with van der Waals surface area (Å²) in [6.45, 7) is 4.51. The molecule has 0 spiro atoms. The maximum atomic E-state index is 11.3. The Hall–Kier alpha value is -0.660. The fourth-order valence-electron chi connectivity index (χ4n) is 0.140. The van der Waals surface area contributed by atoms with E-state index in [-0.39, 0.29) is 0 Å². The highest BCUT2D eigenvalue weighted by Crippen LogP contribution is 1.87. The van der Waals surface area contributed by atoms with Gasteiger partial charge in [0.25, 0.3) is 0 Å². The Bertz CT molecular complexity index is 75.6. The predicted molar refractivity (Wildman–Crippen MR) is 24.4 cm³/mol. The summed E-state index contributed by atoms with van der Waals surface area (Å²) >= 11 is 0. The van der Waals surface area contributed by atoms with Crippen molar-refractivity contribution >= 4 is 6.21 Å². The molecule has 0 aliphatic heterocycles. The first-order valence-electron chi connectivity index (χ1n) is 1.60. The molecule has 0 atom stereocenters. The summed E-state index contributed by atoms with van der Waals surface area (Å²) in [7, 11) is 0. The van der Waals surface area contributed by atoms with Gasteiger partial charge in [0.05, 0.1) is 0 Å². The van der Waals surface area contributed by atoms with E-state index in [2.05, 4.69) is 11.6 Å². The van der Waals surface area contributed by atoms with Gasteiger partial charge in [0, 0.05) is 6.21 Å². The summed E-state index contributed by atoms with van der Waals surface area (Å²) < 4.78 is 11.3. The molecule has 1 nitrogen and oxygen atoms in total. The van der Waals surface area contributed by atoms with Crippen LogP contribution < -0.4 is 0 Å². The third-order valence-corrected chi connectivity index (χ3v) is 0.269. The predicted octanol–water partition coefficient (Wildman–Crippen LogP) is 1.52. The molecule has 2 heteroatoms. The van der Waals surface area contributed by atoms with E-state index in [0.717, 1.165) is 0 Å². The average molecular weight is 87.1 g/mol. The molecule has 0 fully saturated rings. The Labute approximate surface area is 36.2 Å². The lowest BCUT2D eigenvalue weighted by Gasteiger charge is -1.71. The summed E-state index contributed by atoms with van der Waals surface area (Å²) in [5.41, 5.74) is 0. The van der Waals surface area contributed by atoms with E-state index in [1.165, 1.54) is 6.21 Å². The van der Waals surface area contributed by atoms with Crippen LogP contribution in [-0.2, 0) is 0 Å². The van der Waals surface area contributed by atoms with E-state index in [9.17, 15) is 4.39 Å². The second-order valence-electron chi connectivity index (χ2n) is 0.764. The molecule has 0 saturated heterocycles. The van der Waals surface area contributed by atoms with Crippen molar-refractivity contribution in [3.63, 3.8) is 0 Å². The fourth-order valence-corrected chi connectivity index (χ4v) is 0.140. The lowest BCUT2D eigenvalue weighted by atomic mass is 10.8. The number of hydrogen-bond acceptors (Lipinski definition) is 1. The standard InChI is InChI=1S/C4H6FN/c1-3-6-4(2)5/h3H,2H2,1H3. The molecule has 6 heavy (non-hydrogen) atoms. The normalized spacial score (nSPS) is 9.67. The topological polar surface area (TPSA) is 12.4 Å². The smallest absolute Gasteiger partial charge is 0.205 e. The molecule has 0 unspecified atom stereocenters. The minimum absolute atomic E-state index is 0.641. The zero-order chi connectivity index (χ0) is 4.99. The van der Waals surface area contributed by atoms with Gasteiger partial charge in [-0.3, -0.25) is 0 Å². The molecule has 0 rings (SSSR count).